The Bertz CT molecular complexity index is 333. The van der Waals surface area contributed by atoms with Crippen LogP contribution in [0.15, 0.2) is 27.7 Å². The average molecular weight is 226 g/mol. The van der Waals surface area contributed by atoms with Gasteiger partial charge in [-0.15, -0.1) is 0 Å². The van der Waals surface area contributed by atoms with E-state index in [9.17, 15) is 4.79 Å². The first-order valence-electron chi connectivity index (χ1n) is 3.42. The molecule has 0 radical (unpaired) electrons. The minimum absolute atomic E-state index is 0.00120. The van der Waals surface area contributed by atoms with Gasteiger partial charge in [0.15, 0.2) is 5.78 Å². The summed E-state index contributed by atoms with van der Waals surface area (Å²) < 4.78 is 0.875. The van der Waals surface area contributed by atoms with Crippen LogP contribution in [-0.2, 0) is 0 Å². The second-order valence-corrected chi connectivity index (χ2v) is 3.29. The van der Waals surface area contributed by atoms with Crippen molar-refractivity contribution in [3.63, 3.8) is 0 Å². The lowest BCUT2D eigenvalue weighted by molar-refractivity contribution is 0.101. The second-order valence-electron chi connectivity index (χ2n) is 2.38. The molecule has 1 aromatic rings. The molecule has 0 aliphatic rings. The predicted molar refractivity (Wildman–Crippen MR) is 53.4 cm³/mol. The number of halogens is 1. The smallest absolute Gasteiger partial charge is 0.162 e. The quantitative estimate of drug-likeness (QED) is 0.563. The van der Waals surface area contributed by atoms with Gasteiger partial charge in [0.05, 0.1) is 5.69 Å². The van der Waals surface area contributed by atoms with Gasteiger partial charge in [0.1, 0.15) is 0 Å². The molecule has 0 aliphatic heterocycles. The predicted octanol–water partition coefficient (Wildman–Crippen LogP) is 2.98. The number of benzene rings is 1. The summed E-state index contributed by atoms with van der Waals surface area (Å²) in [7, 11) is 0. The van der Waals surface area contributed by atoms with Gasteiger partial charge in [-0.05, 0) is 31.8 Å². The monoisotopic (exact) mass is 225 g/mol. The molecule has 0 unspecified atom stereocenters. The molecule has 0 atom stereocenters. The third-order valence-corrected chi connectivity index (χ3v) is 2.00. The molecular formula is C9H8BrNO. The lowest BCUT2D eigenvalue weighted by Gasteiger charge is -2.00. The maximum absolute atomic E-state index is 11.1. The van der Waals surface area contributed by atoms with Crippen molar-refractivity contribution in [1.82, 2.24) is 0 Å². The summed E-state index contributed by atoms with van der Waals surface area (Å²) in [5, 5.41) is 0. The zero-order chi connectivity index (χ0) is 9.14. The van der Waals surface area contributed by atoms with Crippen LogP contribution >= 0.6 is 15.9 Å². The number of carbonyl (C=O) groups is 1. The van der Waals surface area contributed by atoms with E-state index in [1.807, 2.05) is 6.07 Å². The first-order chi connectivity index (χ1) is 5.65. The van der Waals surface area contributed by atoms with Crippen LogP contribution in [0.5, 0.6) is 0 Å². The highest BCUT2D eigenvalue weighted by Gasteiger charge is 2.05. The summed E-state index contributed by atoms with van der Waals surface area (Å²) in [6, 6.07) is 5.33. The van der Waals surface area contributed by atoms with Gasteiger partial charge in [0.25, 0.3) is 0 Å². The fourth-order valence-electron chi connectivity index (χ4n) is 0.928. The van der Waals surface area contributed by atoms with Crippen molar-refractivity contribution in [3.8, 4) is 0 Å². The van der Waals surface area contributed by atoms with Crippen molar-refractivity contribution < 1.29 is 4.79 Å². The Morgan fingerprint density at radius 1 is 1.58 bits per heavy atom. The molecule has 0 fully saturated rings. The Hall–Kier alpha value is -0.960. The summed E-state index contributed by atoms with van der Waals surface area (Å²) >= 11 is 3.28. The summed E-state index contributed by atoms with van der Waals surface area (Å²) in [4.78, 5) is 14.8. The summed E-state index contributed by atoms with van der Waals surface area (Å²) in [6.07, 6.45) is 0. The van der Waals surface area contributed by atoms with Gasteiger partial charge in [-0.1, -0.05) is 15.9 Å². The molecule has 0 amide bonds. The van der Waals surface area contributed by atoms with Gasteiger partial charge < -0.3 is 0 Å². The van der Waals surface area contributed by atoms with Crippen LogP contribution < -0.4 is 0 Å². The van der Waals surface area contributed by atoms with Gasteiger partial charge in [0, 0.05) is 10.0 Å². The lowest BCUT2D eigenvalue weighted by Crippen LogP contribution is -1.91. The number of hydrogen-bond donors (Lipinski definition) is 0. The fourth-order valence-corrected chi connectivity index (χ4v) is 1.29. The zero-order valence-electron chi connectivity index (χ0n) is 6.67. The topological polar surface area (TPSA) is 29.4 Å². The first-order valence-corrected chi connectivity index (χ1v) is 4.21. The van der Waals surface area contributed by atoms with Crippen LogP contribution in [0, 0.1) is 0 Å². The number of nitrogens with zero attached hydrogens (tertiary/aromatic N) is 1. The number of Topliss-reactive ketones (excluding diaryl/α,β-unsaturated/α-hetero) is 1. The first kappa shape index (κ1) is 9.13. The maximum Gasteiger partial charge on any atom is 0.162 e. The Kier molecular flexibility index (Phi) is 2.76. The third-order valence-electron chi connectivity index (χ3n) is 1.51. The van der Waals surface area contributed by atoms with Crippen LogP contribution in [-0.4, -0.2) is 12.5 Å². The van der Waals surface area contributed by atoms with Crippen LogP contribution in [0.4, 0.5) is 5.69 Å². The van der Waals surface area contributed by atoms with E-state index in [1.54, 1.807) is 12.1 Å². The molecule has 0 aliphatic carbocycles. The Labute approximate surface area is 79.5 Å². The fraction of sp³-hybridized carbons (Fsp3) is 0.111. The summed E-state index contributed by atoms with van der Waals surface area (Å²) in [5.74, 6) is -0.00120. The molecule has 1 rings (SSSR count). The number of rotatable bonds is 2. The van der Waals surface area contributed by atoms with Crippen molar-refractivity contribution in [2.24, 2.45) is 4.99 Å². The van der Waals surface area contributed by atoms with Gasteiger partial charge in [0.2, 0.25) is 0 Å². The number of aliphatic imine (C=N–C) groups is 1. The maximum atomic E-state index is 11.1. The molecule has 12 heavy (non-hydrogen) atoms. The van der Waals surface area contributed by atoms with Gasteiger partial charge in [-0.3, -0.25) is 9.79 Å². The highest BCUT2D eigenvalue weighted by Crippen LogP contribution is 2.23. The molecule has 0 aromatic heterocycles. The standard InChI is InChI=1S/C9H8BrNO/c1-6(12)8-5-7(10)3-4-9(8)11-2/h3-5H,2H2,1H3. The van der Waals surface area contributed by atoms with Crippen molar-refractivity contribution in [1.29, 1.82) is 0 Å². The van der Waals surface area contributed by atoms with E-state index in [2.05, 4.69) is 27.6 Å². The SMILES string of the molecule is C=Nc1ccc(Br)cc1C(C)=O. The Balaban J connectivity index is 3.30. The number of ketones is 1. The van der Waals surface area contributed by atoms with Crippen LogP contribution in [0.25, 0.3) is 0 Å². The Morgan fingerprint density at radius 2 is 2.25 bits per heavy atom. The van der Waals surface area contributed by atoms with Gasteiger partial charge in [-0.25, -0.2) is 0 Å². The highest BCUT2D eigenvalue weighted by molar-refractivity contribution is 9.10. The van der Waals surface area contributed by atoms with Crippen molar-refractivity contribution >= 4 is 34.1 Å². The van der Waals surface area contributed by atoms with E-state index in [0.717, 1.165) is 4.47 Å². The molecule has 0 N–H and O–H groups in total. The third kappa shape index (κ3) is 1.80. The largest absolute Gasteiger partial charge is 0.294 e. The molecule has 0 heterocycles. The van der Waals surface area contributed by atoms with E-state index in [-0.39, 0.29) is 5.78 Å². The molecular weight excluding hydrogens is 218 g/mol. The lowest BCUT2D eigenvalue weighted by atomic mass is 10.1. The minimum atomic E-state index is -0.00120. The van der Waals surface area contributed by atoms with Crippen LogP contribution in [0.2, 0.25) is 0 Å². The Morgan fingerprint density at radius 3 is 2.75 bits per heavy atom. The van der Waals surface area contributed by atoms with Gasteiger partial charge >= 0.3 is 0 Å². The zero-order valence-corrected chi connectivity index (χ0v) is 8.26. The van der Waals surface area contributed by atoms with Crippen molar-refractivity contribution in [2.75, 3.05) is 0 Å². The molecule has 62 valence electrons. The molecule has 1 aromatic carbocycles. The van der Waals surface area contributed by atoms with Crippen molar-refractivity contribution in [3.05, 3.63) is 28.2 Å². The molecule has 0 saturated carbocycles. The van der Waals surface area contributed by atoms with Crippen LogP contribution in [0.1, 0.15) is 17.3 Å². The molecule has 0 spiro atoms. The van der Waals surface area contributed by atoms with Crippen molar-refractivity contribution in [2.45, 2.75) is 6.92 Å². The van der Waals surface area contributed by atoms with E-state index < -0.39 is 0 Å². The molecule has 3 heteroatoms. The molecule has 0 bridgehead atoms. The van der Waals surface area contributed by atoms with Gasteiger partial charge in [-0.2, -0.15) is 0 Å². The van der Waals surface area contributed by atoms with E-state index in [0.29, 0.717) is 11.3 Å². The highest BCUT2D eigenvalue weighted by atomic mass is 79.9. The molecule has 0 saturated heterocycles. The van der Waals surface area contributed by atoms with Crippen LogP contribution in [0.3, 0.4) is 0 Å². The molecule has 2 nitrogen and oxygen atoms in total. The minimum Gasteiger partial charge on any atom is -0.294 e. The van der Waals surface area contributed by atoms with E-state index in [4.69, 9.17) is 0 Å². The summed E-state index contributed by atoms with van der Waals surface area (Å²) in [6.45, 7) is 4.90. The summed E-state index contributed by atoms with van der Waals surface area (Å²) in [5.41, 5.74) is 1.23. The second kappa shape index (κ2) is 3.63. The average Bonchev–Trinajstić information content (AvgIpc) is 2.04. The van der Waals surface area contributed by atoms with E-state index >= 15 is 0 Å². The number of carbonyl (C=O) groups excluding carboxylic acids is 1. The van der Waals surface area contributed by atoms with E-state index in [1.165, 1.54) is 6.92 Å². The number of hydrogen-bond acceptors (Lipinski definition) is 2. The normalized spacial score (nSPS) is 9.50.